The summed E-state index contributed by atoms with van der Waals surface area (Å²) in [5.41, 5.74) is 7.41. The topological polar surface area (TPSA) is 59.8 Å². The molecule has 6 aromatic rings. The largest absolute Gasteiger partial charge is 0.321 e. The second kappa shape index (κ2) is 10.3. The van der Waals surface area contributed by atoms with Crippen LogP contribution >= 0.6 is 11.3 Å². The molecule has 1 N–H and O–H groups in total. The van der Waals surface area contributed by atoms with Crippen LogP contribution < -0.4 is 5.32 Å². The Labute approximate surface area is 225 Å². The maximum absolute atomic E-state index is 13.7. The Morgan fingerprint density at radius 3 is 2.08 bits per heavy atom. The number of hydrogen-bond acceptors (Lipinski definition) is 4. The summed E-state index contributed by atoms with van der Waals surface area (Å²) >= 11 is 1.54. The van der Waals surface area contributed by atoms with Crippen LogP contribution in [0.4, 0.5) is 5.69 Å². The first-order chi connectivity index (χ1) is 18.7. The van der Waals surface area contributed by atoms with Crippen molar-refractivity contribution in [2.24, 2.45) is 0 Å². The Morgan fingerprint density at radius 2 is 1.39 bits per heavy atom. The molecular weight excluding hydrogens is 488 g/mol. The maximum Gasteiger partial charge on any atom is 0.276 e. The number of anilines is 1. The highest BCUT2D eigenvalue weighted by atomic mass is 32.1. The summed E-state index contributed by atoms with van der Waals surface area (Å²) in [7, 11) is 0. The van der Waals surface area contributed by atoms with Gasteiger partial charge in [-0.2, -0.15) is 5.10 Å². The van der Waals surface area contributed by atoms with Crippen molar-refractivity contribution >= 4 is 22.9 Å². The molecule has 2 aromatic heterocycles. The summed E-state index contributed by atoms with van der Waals surface area (Å²) < 4.78 is 1.84. The van der Waals surface area contributed by atoms with E-state index in [1.165, 1.54) is 0 Å². The van der Waals surface area contributed by atoms with Gasteiger partial charge < -0.3 is 5.32 Å². The van der Waals surface area contributed by atoms with E-state index in [2.05, 4.69) is 22.8 Å². The zero-order chi connectivity index (χ0) is 25.9. The van der Waals surface area contributed by atoms with Gasteiger partial charge >= 0.3 is 0 Å². The molecule has 1 amide bonds. The zero-order valence-electron chi connectivity index (χ0n) is 20.7. The second-order valence-electron chi connectivity index (χ2n) is 8.91. The lowest BCUT2D eigenvalue weighted by molar-refractivity contribution is 0.102. The van der Waals surface area contributed by atoms with E-state index in [4.69, 9.17) is 10.1 Å². The molecule has 0 spiro atoms. The monoisotopic (exact) mass is 512 g/mol. The Bertz CT molecular complexity index is 1690. The SMILES string of the molecule is Cc1ccc(-c2c(C(=O)Nc3ccccc3)nn(-c3ccccc3)c2-c2nc(-c3ccccc3)cs2)cc1. The number of nitrogens with one attached hydrogen (secondary N) is 1. The molecular formula is C32H24N4OS. The summed E-state index contributed by atoms with van der Waals surface area (Å²) in [5, 5.41) is 10.8. The minimum atomic E-state index is -0.275. The van der Waals surface area contributed by atoms with Crippen LogP contribution in [0.5, 0.6) is 0 Å². The molecule has 38 heavy (non-hydrogen) atoms. The molecule has 0 unspecified atom stereocenters. The van der Waals surface area contributed by atoms with Gasteiger partial charge in [-0.3, -0.25) is 4.79 Å². The first-order valence-electron chi connectivity index (χ1n) is 12.3. The fourth-order valence-electron chi connectivity index (χ4n) is 4.36. The minimum Gasteiger partial charge on any atom is -0.321 e. The third-order valence-electron chi connectivity index (χ3n) is 6.25. The Balaban J connectivity index is 1.58. The molecule has 0 saturated heterocycles. The number of aromatic nitrogens is 3. The average molecular weight is 513 g/mol. The average Bonchev–Trinajstić information content (AvgIpc) is 3.61. The summed E-state index contributed by atoms with van der Waals surface area (Å²) in [6, 6.07) is 37.6. The quantitative estimate of drug-likeness (QED) is 0.247. The highest BCUT2D eigenvalue weighted by Crippen LogP contribution is 2.40. The van der Waals surface area contributed by atoms with E-state index in [1.54, 1.807) is 11.3 Å². The van der Waals surface area contributed by atoms with E-state index in [0.29, 0.717) is 11.4 Å². The number of aryl methyl sites for hydroxylation is 1. The van der Waals surface area contributed by atoms with Crippen molar-refractivity contribution in [1.82, 2.24) is 14.8 Å². The van der Waals surface area contributed by atoms with E-state index in [1.807, 2.05) is 115 Å². The molecule has 0 atom stereocenters. The lowest BCUT2D eigenvalue weighted by Gasteiger charge is -2.09. The van der Waals surface area contributed by atoms with E-state index < -0.39 is 0 Å². The molecule has 6 rings (SSSR count). The van der Waals surface area contributed by atoms with E-state index in [-0.39, 0.29) is 5.91 Å². The summed E-state index contributed by atoms with van der Waals surface area (Å²) in [5.74, 6) is -0.275. The lowest BCUT2D eigenvalue weighted by atomic mass is 10.0. The van der Waals surface area contributed by atoms with Crippen molar-refractivity contribution in [3.63, 3.8) is 0 Å². The zero-order valence-corrected chi connectivity index (χ0v) is 21.5. The van der Waals surface area contributed by atoms with Crippen LogP contribution in [0.1, 0.15) is 16.1 Å². The van der Waals surface area contributed by atoms with E-state index >= 15 is 0 Å². The highest BCUT2D eigenvalue weighted by molar-refractivity contribution is 7.13. The molecule has 0 aliphatic rings. The van der Waals surface area contributed by atoms with Gasteiger partial charge in [-0.15, -0.1) is 11.3 Å². The maximum atomic E-state index is 13.7. The number of rotatable bonds is 6. The minimum absolute atomic E-state index is 0.275. The number of para-hydroxylation sites is 2. The second-order valence-corrected chi connectivity index (χ2v) is 9.77. The number of thiazole rings is 1. The molecule has 0 radical (unpaired) electrons. The van der Waals surface area contributed by atoms with Gasteiger partial charge in [0, 0.05) is 22.2 Å². The third-order valence-corrected chi connectivity index (χ3v) is 7.10. The lowest BCUT2D eigenvalue weighted by Crippen LogP contribution is -2.14. The number of amides is 1. The molecule has 0 saturated carbocycles. The third kappa shape index (κ3) is 4.65. The summed E-state index contributed by atoms with van der Waals surface area (Å²) in [4.78, 5) is 18.7. The van der Waals surface area contributed by atoms with E-state index in [0.717, 1.165) is 44.3 Å². The van der Waals surface area contributed by atoms with Crippen molar-refractivity contribution < 1.29 is 4.79 Å². The number of carbonyl (C=O) groups is 1. The van der Waals surface area contributed by atoms with Crippen molar-refractivity contribution in [3.05, 3.63) is 132 Å². The molecule has 4 aromatic carbocycles. The smallest absolute Gasteiger partial charge is 0.276 e. The van der Waals surface area contributed by atoms with Crippen LogP contribution in [0.15, 0.2) is 121 Å². The Kier molecular flexibility index (Phi) is 6.38. The molecule has 184 valence electrons. The predicted molar refractivity (Wildman–Crippen MR) is 155 cm³/mol. The van der Waals surface area contributed by atoms with Gasteiger partial charge in [0.25, 0.3) is 5.91 Å². The number of carbonyl (C=O) groups excluding carboxylic acids is 1. The first kappa shape index (κ1) is 23.6. The first-order valence-corrected chi connectivity index (χ1v) is 13.2. The van der Waals surface area contributed by atoms with Crippen LogP contribution in [-0.2, 0) is 0 Å². The fraction of sp³-hybridized carbons (Fsp3) is 0.0312. The van der Waals surface area contributed by atoms with E-state index in [9.17, 15) is 4.79 Å². The van der Waals surface area contributed by atoms with Gasteiger partial charge in [-0.1, -0.05) is 96.6 Å². The van der Waals surface area contributed by atoms with Crippen LogP contribution in [0.2, 0.25) is 0 Å². The van der Waals surface area contributed by atoms with Gasteiger partial charge in [0.05, 0.1) is 11.4 Å². The van der Waals surface area contributed by atoms with Gasteiger partial charge in [-0.05, 0) is 36.8 Å². The molecule has 0 bridgehead atoms. The molecule has 6 heteroatoms. The van der Waals surface area contributed by atoms with Crippen LogP contribution in [-0.4, -0.2) is 20.7 Å². The molecule has 0 aliphatic carbocycles. The Morgan fingerprint density at radius 1 is 0.763 bits per heavy atom. The highest BCUT2D eigenvalue weighted by Gasteiger charge is 2.28. The predicted octanol–water partition coefficient (Wildman–Crippen LogP) is 7.89. The molecule has 2 heterocycles. The number of hydrogen-bond donors (Lipinski definition) is 1. The molecule has 0 aliphatic heterocycles. The normalized spacial score (nSPS) is 10.9. The Hall–Kier alpha value is -4.81. The molecule has 5 nitrogen and oxygen atoms in total. The van der Waals surface area contributed by atoms with Crippen LogP contribution in [0, 0.1) is 6.92 Å². The van der Waals surface area contributed by atoms with Gasteiger partial charge in [-0.25, -0.2) is 9.67 Å². The van der Waals surface area contributed by atoms with Crippen LogP contribution in [0.25, 0.3) is 38.8 Å². The summed E-state index contributed by atoms with van der Waals surface area (Å²) in [6.07, 6.45) is 0. The summed E-state index contributed by atoms with van der Waals surface area (Å²) in [6.45, 7) is 2.05. The van der Waals surface area contributed by atoms with Crippen molar-refractivity contribution in [2.45, 2.75) is 6.92 Å². The van der Waals surface area contributed by atoms with Gasteiger partial charge in [0.2, 0.25) is 0 Å². The fourth-order valence-corrected chi connectivity index (χ4v) is 5.22. The van der Waals surface area contributed by atoms with Gasteiger partial charge in [0.15, 0.2) is 5.69 Å². The van der Waals surface area contributed by atoms with Crippen LogP contribution in [0.3, 0.4) is 0 Å². The van der Waals surface area contributed by atoms with Crippen molar-refractivity contribution in [3.8, 4) is 38.8 Å². The van der Waals surface area contributed by atoms with Gasteiger partial charge in [0.1, 0.15) is 10.7 Å². The number of nitrogens with zero attached hydrogens (tertiary/aromatic N) is 3. The molecule has 0 fully saturated rings. The van der Waals surface area contributed by atoms with Crippen molar-refractivity contribution in [1.29, 1.82) is 0 Å². The standard InChI is InChI=1S/C32H24N4OS/c1-22-17-19-24(20-18-22)28-29(31(37)33-25-13-7-3-8-14-25)35-36(26-15-9-4-10-16-26)30(28)32-34-27(21-38-32)23-11-5-2-6-12-23/h2-21H,1H3,(H,33,37). The van der Waals surface area contributed by atoms with Crippen molar-refractivity contribution in [2.75, 3.05) is 5.32 Å². The number of benzene rings is 4.